The van der Waals surface area contributed by atoms with Crippen molar-refractivity contribution in [3.8, 4) is 17.2 Å². The van der Waals surface area contributed by atoms with Gasteiger partial charge in [-0.3, -0.25) is 0 Å². The van der Waals surface area contributed by atoms with Crippen molar-refractivity contribution in [3.05, 3.63) is 34.5 Å². The van der Waals surface area contributed by atoms with Gasteiger partial charge in [-0.2, -0.15) is 5.10 Å². The van der Waals surface area contributed by atoms with Gasteiger partial charge in [-0.05, 0) is 37.8 Å². The molecule has 6 heteroatoms. The lowest BCUT2D eigenvalue weighted by Crippen LogP contribution is -2.25. The maximum absolute atomic E-state index is 12.6. The third kappa shape index (κ3) is 2.53. The Morgan fingerprint density at radius 1 is 1.29 bits per heavy atom. The third-order valence-electron chi connectivity index (χ3n) is 3.76. The summed E-state index contributed by atoms with van der Waals surface area (Å²) in [6.45, 7) is 2.53. The molecule has 1 aliphatic rings. The van der Waals surface area contributed by atoms with Crippen molar-refractivity contribution in [1.29, 1.82) is 0 Å². The molecule has 3 rings (SSSR count). The van der Waals surface area contributed by atoms with E-state index in [-0.39, 0.29) is 5.69 Å². The van der Waals surface area contributed by atoms with Gasteiger partial charge in [0, 0.05) is 12.6 Å². The zero-order valence-electron chi connectivity index (χ0n) is 12.5. The number of rotatable bonds is 5. The van der Waals surface area contributed by atoms with E-state index in [4.69, 9.17) is 9.47 Å². The molecule has 0 amide bonds. The molecule has 112 valence electrons. The van der Waals surface area contributed by atoms with Gasteiger partial charge in [0.2, 0.25) is 0 Å². The van der Waals surface area contributed by atoms with Crippen LogP contribution in [0.5, 0.6) is 11.5 Å². The Balaban J connectivity index is 2.07. The first-order valence-electron chi connectivity index (χ1n) is 7.03. The van der Waals surface area contributed by atoms with E-state index in [0.29, 0.717) is 35.5 Å². The second-order valence-corrected chi connectivity index (χ2v) is 5.33. The van der Waals surface area contributed by atoms with E-state index in [1.807, 2.05) is 19.1 Å². The molecule has 0 aliphatic heterocycles. The summed E-state index contributed by atoms with van der Waals surface area (Å²) in [4.78, 5) is 12.6. The van der Waals surface area contributed by atoms with Gasteiger partial charge in [0.05, 0.1) is 19.9 Å². The monoisotopic (exact) mass is 289 g/mol. The van der Waals surface area contributed by atoms with Crippen molar-refractivity contribution in [3.63, 3.8) is 0 Å². The summed E-state index contributed by atoms with van der Waals surface area (Å²) in [5.74, 6) is 2.53. The first-order valence-corrected chi connectivity index (χ1v) is 7.03. The van der Waals surface area contributed by atoms with Crippen LogP contribution < -0.4 is 15.2 Å². The molecule has 1 aromatic heterocycles. The summed E-state index contributed by atoms with van der Waals surface area (Å²) < 4.78 is 13.7. The van der Waals surface area contributed by atoms with Gasteiger partial charge in [0.1, 0.15) is 17.3 Å². The zero-order valence-corrected chi connectivity index (χ0v) is 12.5. The highest BCUT2D eigenvalue weighted by Gasteiger charge is 2.25. The van der Waals surface area contributed by atoms with Crippen LogP contribution in [0.15, 0.2) is 23.0 Å². The lowest BCUT2D eigenvalue weighted by molar-refractivity contribution is 0.392. The van der Waals surface area contributed by atoms with Crippen LogP contribution in [0.2, 0.25) is 0 Å². The SMILES string of the molecule is COc1ccc(-n2c(C)nn(CC3CC3)c2=O)c(OC)c1. The summed E-state index contributed by atoms with van der Waals surface area (Å²) in [5.41, 5.74) is 0.561. The molecule has 6 nitrogen and oxygen atoms in total. The number of hydrogen-bond donors (Lipinski definition) is 0. The first-order chi connectivity index (χ1) is 10.1. The molecule has 1 fully saturated rings. The number of benzene rings is 1. The second-order valence-electron chi connectivity index (χ2n) is 5.33. The Kier molecular flexibility index (Phi) is 3.45. The number of hydrogen-bond acceptors (Lipinski definition) is 4. The molecule has 21 heavy (non-hydrogen) atoms. The first kappa shape index (κ1) is 13.7. The molecule has 2 aromatic rings. The fraction of sp³-hybridized carbons (Fsp3) is 0.467. The Labute approximate surface area is 122 Å². The Hall–Kier alpha value is -2.24. The van der Waals surface area contributed by atoms with Gasteiger partial charge in [-0.15, -0.1) is 0 Å². The largest absolute Gasteiger partial charge is 0.497 e. The minimum atomic E-state index is -0.122. The summed E-state index contributed by atoms with van der Waals surface area (Å²) >= 11 is 0. The molecule has 1 aliphatic carbocycles. The van der Waals surface area contributed by atoms with Crippen LogP contribution in [-0.4, -0.2) is 28.6 Å². The van der Waals surface area contributed by atoms with E-state index in [1.165, 1.54) is 12.8 Å². The molecule has 0 unspecified atom stereocenters. The smallest absolute Gasteiger partial charge is 0.350 e. The van der Waals surface area contributed by atoms with Crippen LogP contribution in [0, 0.1) is 12.8 Å². The summed E-state index contributed by atoms with van der Waals surface area (Å²) in [7, 11) is 3.17. The lowest BCUT2D eigenvalue weighted by atomic mass is 10.2. The highest BCUT2D eigenvalue weighted by atomic mass is 16.5. The fourth-order valence-electron chi connectivity index (χ4n) is 2.43. The Morgan fingerprint density at radius 2 is 2.05 bits per heavy atom. The number of nitrogens with zero attached hydrogens (tertiary/aromatic N) is 3. The van der Waals surface area contributed by atoms with Gasteiger partial charge in [-0.1, -0.05) is 0 Å². The van der Waals surface area contributed by atoms with Crippen molar-refractivity contribution in [1.82, 2.24) is 14.3 Å². The quantitative estimate of drug-likeness (QED) is 0.841. The van der Waals surface area contributed by atoms with E-state index in [2.05, 4.69) is 5.10 Å². The van der Waals surface area contributed by atoms with E-state index in [0.717, 1.165) is 0 Å². The van der Waals surface area contributed by atoms with Gasteiger partial charge in [-0.25, -0.2) is 14.0 Å². The predicted molar refractivity (Wildman–Crippen MR) is 78.4 cm³/mol. The van der Waals surface area contributed by atoms with Crippen molar-refractivity contribution in [2.75, 3.05) is 14.2 Å². The number of ether oxygens (including phenoxy) is 2. The van der Waals surface area contributed by atoms with E-state index < -0.39 is 0 Å². The van der Waals surface area contributed by atoms with Crippen LogP contribution in [-0.2, 0) is 6.54 Å². The molecule has 0 N–H and O–H groups in total. The molecule has 1 aromatic carbocycles. The van der Waals surface area contributed by atoms with Crippen LogP contribution in [0.3, 0.4) is 0 Å². The van der Waals surface area contributed by atoms with Gasteiger partial charge < -0.3 is 9.47 Å². The van der Waals surface area contributed by atoms with Crippen LogP contribution >= 0.6 is 0 Å². The second kappa shape index (κ2) is 5.27. The average molecular weight is 289 g/mol. The van der Waals surface area contributed by atoms with Crippen molar-refractivity contribution < 1.29 is 9.47 Å². The molecule has 1 saturated carbocycles. The number of aryl methyl sites for hydroxylation is 1. The third-order valence-corrected chi connectivity index (χ3v) is 3.76. The topological polar surface area (TPSA) is 58.3 Å². The van der Waals surface area contributed by atoms with Gasteiger partial charge in [0.15, 0.2) is 0 Å². The highest BCUT2D eigenvalue weighted by Crippen LogP contribution is 2.30. The molecule has 0 atom stereocenters. The molecule has 0 saturated heterocycles. The number of methoxy groups -OCH3 is 2. The Morgan fingerprint density at radius 3 is 2.67 bits per heavy atom. The average Bonchev–Trinajstić information content (AvgIpc) is 3.26. The standard InChI is InChI=1S/C15H19N3O3/c1-10-16-17(9-11-4-5-11)15(19)18(10)13-7-6-12(20-2)8-14(13)21-3/h6-8,11H,4-5,9H2,1-3H3. The van der Waals surface area contributed by atoms with E-state index >= 15 is 0 Å². The lowest BCUT2D eigenvalue weighted by Gasteiger charge is -2.10. The zero-order chi connectivity index (χ0) is 15.0. The normalized spacial score (nSPS) is 14.2. The van der Waals surface area contributed by atoms with E-state index in [1.54, 1.807) is 29.5 Å². The minimum absolute atomic E-state index is 0.122. The molecule has 0 radical (unpaired) electrons. The predicted octanol–water partition coefficient (Wildman–Crippen LogP) is 1.77. The summed E-state index contributed by atoms with van der Waals surface area (Å²) in [5, 5.41) is 4.37. The van der Waals surface area contributed by atoms with Crippen molar-refractivity contribution in [2.24, 2.45) is 5.92 Å². The van der Waals surface area contributed by atoms with Crippen molar-refractivity contribution >= 4 is 0 Å². The number of aromatic nitrogens is 3. The maximum atomic E-state index is 12.6. The fourth-order valence-corrected chi connectivity index (χ4v) is 2.43. The highest BCUT2D eigenvalue weighted by molar-refractivity contribution is 5.51. The molecule has 1 heterocycles. The minimum Gasteiger partial charge on any atom is -0.497 e. The summed E-state index contributed by atoms with van der Waals surface area (Å²) in [6.07, 6.45) is 2.37. The van der Waals surface area contributed by atoms with Gasteiger partial charge in [0.25, 0.3) is 0 Å². The van der Waals surface area contributed by atoms with Crippen LogP contribution in [0.25, 0.3) is 5.69 Å². The maximum Gasteiger partial charge on any atom is 0.350 e. The van der Waals surface area contributed by atoms with E-state index in [9.17, 15) is 4.79 Å². The molecule has 0 spiro atoms. The van der Waals surface area contributed by atoms with Crippen LogP contribution in [0.1, 0.15) is 18.7 Å². The Bertz CT molecular complexity index is 713. The van der Waals surface area contributed by atoms with Crippen LogP contribution in [0.4, 0.5) is 0 Å². The molecular weight excluding hydrogens is 270 g/mol. The molecule has 0 bridgehead atoms. The van der Waals surface area contributed by atoms with Gasteiger partial charge >= 0.3 is 5.69 Å². The van der Waals surface area contributed by atoms with Crippen molar-refractivity contribution in [2.45, 2.75) is 26.3 Å². The summed E-state index contributed by atoms with van der Waals surface area (Å²) in [6, 6.07) is 5.39. The molecular formula is C15H19N3O3.